The van der Waals surface area contributed by atoms with Crippen LogP contribution in [0.4, 0.5) is 0 Å². The summed E-state index contributed by atoms with van der Waals surface area (Å²) < 4.78 is 0. The van der Waals surface area contributed by atoms with E-state index in [1.807, 2.05) is 0 Å². The molecule has 1 atom stereocenters. The first-order chi connectivity index (χ1) is 5.18. The second-order valence-corrected chi connectivity index (χ2v) is 3.63. The van der Waals surface area contributed by atoms with Gasteiger partial charge in [0, 0.05) is 13.6 Å². The van der Waals surface area contributed by atoms with Crippen molar-refractivity contribution in [1.29, 1.82) is 0 Å². The van der Waals surface area contributed by atoms with Crippen molar-refractivity contribution in [2.24, 2.45) is 5.92 Å². The molecule has 0 saturated carbocycles. The lowest BCUT2D eigenvalue weighted by atomic mass is 10.1. The summed E-state index contributed by atoms with van der Waals surface area (Å²) in [7, 11) is 6.39. The quantitative estimate of drug-likeness (QED) is 0.598. The summed E-state index contributed by atoms with van der Waals surface area (Å²) in [4.78, 5) is 4.49. The van der Waals surface area contributed by atoms with Gasteiger partial charge in [-0.15, -0.1) is 0 Å². The van der Waals surface area contributed by atoms with E-state index < -0.39 is 0 Å². The minimum atomic E-state index is 0.780. The number of hydrogen-bond acceptors (Lipinski definition) is 2. The summed E-state index contributed by atoms with van der Waals surface area (Å²) in [6, 6.07) is 0. The summed E-state index contributed by atoms with van der Waals surface area (Å²) >= 11 is 0. The van der Waals surface area contributed by atoms with E-state index in [4.69, 9.17) is 0 Å². The van der Waals surface area contributed by atoms with Crippen LogP contribution in [0.5, 0.6) is 0 Å². The lowest BCUT2D eigenvalue weighted by Crippen LogP contribution is -2.19. The Bertz CT molecular complexity index is 140. The van der Waals surface area contributed by atoms with Gasteiger partial charge in [0.25, 0.3) is 0 Å². The molecule has 1 unspecified atom stereocenters. The first kappa shape index (κ1) is 8.60. The molecule has 0 aromatic rings. The molecule has 0 amide bonds. The summed E-state index contributed by atoms with van der Waals surface area (Å²) in [5, 5.41) is 0. The second-order valence-electron chi connectivity index (χ2n) is 3.63. The molecule has 0 aromatic heterocycles. The lowest BCUT2D eigenvalue weighted by molar-refractivity contribution is 0.350. The van der Waals surface area contributed by atoms with Crippen LogP contribution < -0.4 is 0 Å². The molecule has 0 aromatic carbocycles. The van der Waals surface area contributed by atoms with E-state index in [1.165, 1.54) is 19.5 Å². The Labute approximate surface area is 69.5 Å². The van der Waals surface area contributed by atoms with Gasteiger partial charge in [-0.25, -0.2) is 0 Å². The van der Waals surface area contributed by atoms with E-state index in [2.05, 4.69) is 43.2 Å². The molecule has 1 heterocycles. The molecule has 2 heteroatoms. The molecule has 0 aliphatic carbocycles. The van der Waals surface area contributed by atoms with Crippen molar-refractivity contribution in [2.75, 3.05) is 34.2 Å². The highest BCUT2D eigenvalue weighted by atomic mass is 15.1. The van der Waals surface area contributed by atoms with Crippen molar-refractivity contribution in [3.05, 3.63) is 12.3 Å². The molecule has 1 aliphatic heterocycles. The van der Waals surface area contributed by atoms with Gasteiger partial charge in [-0.3, -0.25) is 0 Å². The van der Waals surface area contributed by atoms with Crippen molar-refractivity contribution in [2.45, 2.75) is 6.42 Å². The monoisotopic (exact) mass is 154 g/mol. The summed E-state index contributed by atoms with van der Waals surface area (Å²) in [6.07, 6.45) is 5.78. The van der Waals surface area contributed by atoms with Crippen LogP contribution in [0.1, 0.15) is 6.42 Å². The van der Waals surface area contributed by atoms with E-state index in [0.29, 0.717) is 0 Å². The summed E-state index contributed by atoms with van der Waals surface area (Å²) in [6.45, 7) is 2.40. The van der Waals surface area contributed by atoms with Crippen molar-refractivity contribution in [3.63, 3.8) is 0 Å². The van der Waals surface area contributed by atoms with E-state index in [9.17, 15) is 0 Å². The predicted octanol–water partition coefficient (Wildman–Crippen LogP) is 1.01. The molecule has 11 heavy (non-hydrogen) atoms. The highest BCUT2D eigenvalue weighted by Gasteiger charge is 2.11. The fraction of sp³-hybridized carbons (Fsp3) is 0.778. The molecule has 0 saturated heterocycles. The molecular formula is C9H18N2. The van der Waals surface area contributed by atoms with Crippen molar-refractivity contribution < 1.29 is 0 Å². The van der Waals surface area contributed by atoms with Gasteiger partial charge in [0.05, 0.1) is 0 Å². The molecule has 2 nitrogen and oxygen atoms in total. The van der Waals surface area contributed by atoms with Gasteiger partial charge < -0.3 is 9.80 Å². The van der Waals surface area contributed by atoms with E-state index in [0.717, 1.165) is 5.92 Å². The minimum Gasteiger partial charge on any atom is -0.380 e. The molecule has 0 radical (unpaired) electrons. The van der Waals surface area contributed by atoms with E-state index in [-0.39, 0.29) is 0 Å². The Kier molecular flexibility index (Phi) is 2.94. The number of hydrogen-bond donors (Lipinski definition) is 0. The van der Waals surface area contributed by atoms with Gasteiger partial charge in [0.1, 0.15) is 0 Å². The van der Waals surface area contributed by atoms with Crippen molar-refractivity contribution in [1.82, 2.24) is 9.80 Å². The van der Waals surface area contributed by atoms with Gasteiger partial charge in [0.15, 0.2) is 0 Å². The Morgan fingerprint density at radius 2 is 2.27 bits per heavy atom. The lowest BCUT2D eigenvalue weighted by Gasteiger charge is -2.14. The second kappa shape index (κ2) is 3.77. The minimum absolute atomic E-state index is 0.780. The van der Waals surface area contributed by atoms with Gasteiger partial charge in [0.2, 0.25) is 0 Å². The number of nitrogens with zero attached hydrogens (tertiary/aromatic N) is 2. The molecule has 1 rings (SSSR count). The van der Waals surface area contributed by atoms with Crippen LogP contribution in [0.2, 0.25) is 0 Å². The van der Waals surface area contributed by atoms with Crippen LogP contribution >= 0.6 is 0 Å². The maximum Gasteiger partial charge on any atom is 0.0233 e. The van der Waals surface area contributed by atoms with Crippen LogP contribution in [0.3, 0.4) is 0 Å². The molecule has 0 bridgehead atoms. The Hall–Kier alpha value is -0.500. The van der Waals surface area contributed by atoms with Crippen LogP contribution in [0, 0.1) is 5.92 Å². The fourth-order valence-electron chi connectivity index (χ4n) is 1.37. The topological polar surface area (TPSA) is 6.48 Å². The van der Waals surface area contributed by atoms with E-state index >= 15 is 0 Å². The summed E-state index contributed by atoms with van der Waals surface area (Å²) in [5.74, 6) is 0.780. The first-order valence-electron chi connectivity index (χ1n) is 4.22. The smallest absolute Gasteiger partial charge is 0.0233 e. The molecule has 0 fully saturated rings. The zero-order valence-corrected chi connectivity index (χ0v) is 7.75. The van der Waals surface area contributed by atoms with Crippen molar-refractivity contribution >= 4 is 0 Å². The predicted molar refractivity (Wildman–Crippen MR) is 48.4 cm³/mol. The Morgan fingerprint density at radius 3 is 2.73 bits per heavy atom. The van der Waals surface area contributed by atoms with Gasteiger partial charge >= 0.3 is 0 Å². The Balaban J connectivity index is 2.14. The van der Waals surface area contributed by atoms with Gasteiger partial charge in [-0.2, -0.15) is 0 Å². The van der Waals surface area contributed by atoms with Gasteiger partial charge in [-0.05, 0) is 39.2 Å². The third kappa shape index (κ3) is 2.93. The molecule has 0 N–H and O–H groups in total. The summed E-state index contributed by atoms with van der Waals surface area (Å²) in [5.41, 5.74) is 0. The molecule has 1 aliphatic rings. The highest BCUT2D eigenvalue weighted by Crippen LogP contribution is 2.13. The van der Waals surface area contributed by atoms with Crippen LogP contribution in [0.15, 0.2) is 12.3 Å². The highest BCUT2D eigenvalue weighted by molar-refractivity contribution is 4.96. The Morgan fingerprint density at radius 1 is 1.55 bits per heavy atom. The van der Waals surface area contributed by atoms with Crippen molar-refractivity contribution in [3.8, 4) is 0 Å². The van der Waals surface area contributed by atoms with E-state index in [1.54, 1.807) is 0 Å². The SMILES string of the molecule is CN(C)CCC1C=CN(C)C1. The van der Waals surface area contributed by atoms with Crippen LogP contribution in [-0.2, 0) is 0 Å². The zero-order chi connectivity index (χ0) is 8.27. The molecule has 64 valence electrons. The standard InChI is InChI=1S/C9H18N2/c1-10(2)6-4-9-5-7-11(3)8-9/h5,7,9H,4,6,8H2,1-3H3. The maximum atomic E-state index is 2.31. The normalized spacial score (nSPS) is 23.6. The van der Waals surface area contributed by atoms with Crippen LogP contribution in [-0.4, -0.2) is 44.0 Å². The molecule has 0 spiro atoms. The van der Waals surface area contributed by atoms with Gasteiger partial charge in [-0.1, -0.05) is 6.08 Å². The molecular weight excluding hydrogens is 136 g/mol. The average molecular weight is 154 g/mol. The largest absolute Gasteiger partial charge is 0.380 e. The first-order valence-corrected chi connectivity index (χ1v) is 4.22. The third-order valence-electron chi connectivity index (χ3n) is 2.08. The third-order valence-corrected chi connectivity index (χ3v) is 2.08. The maximum absolute atomic E-state index is 2.31. The fourth-order valence-corrected chi connectivity index (χ4v) is 1.37. The van der Waals surface area contributed by atoms with Crippen LogP contribution in [0.25, 0.3) is 0 Å². The zero-order valence-electron chi connectivity index (χ0n) is 7.75. The number of rotatable bonds is 3. The average Bonchev–Trinajstić information content (AvgIpc) is 2.31.